The number of nitrogens with zero attached hydrogens (tertiary/aromatic N) is 9. The van der Waals surface area contributed by atoms with Gasteiger partial charge in [-0.3, -0.25) is 38.2 Å². The molecule has 4 atom stereocenters. The molecule has 384 valence electrons. The van der Waals surface area contributed by atoms with E-state index in [0.717, 1.165) is 69.1 Å². The number of aliphatic imine (C=N–C) groups is 1. The van der Waals surface area contributed by atoms with Crippen LogP contribution in [0.4, 0.5) is 0 Å². The summed E-state index contributed by atoms with van der Waals surface area (Å²) in [7, 11) is 1.62. The van der Waals surface area contributed by atoms with Gasteiger partial charge in [0.05, 0.1) is 48.8 Å². The number of rotatable bonds is 15. The summed E-state index contributed by atoms with van der Waals surface area (Å²) in [4.78, 5) is 78.4. The Morgan fingerprint density at radius 1 is 0.959 bits per heavy atom. The number of aromatic nitrogens is 6. The molecule has 18 nitrogen and oxygen atoms in total. The molecule has 3 aliphatic heterocycles. The zero-order valence-electron chi connectivity index (χ0n) is 41.7. The van der Waals surface area contributed by atoms with Crippen LogP contribution in [0.2, 0.25) is 10.0 Å². The van der Waals surface area contributed by atoms with Gasteiger partial charge in [-0.2, -0.15) is 0 Å². The van der Waals surface area contributed by atoms with Crippen LogP contribution in [0.15, 0.2) is 47.6 Å². The number of carbonyl (C=O) groups is 5. The van der Waals surface area contributed by atoms with E-state index in [1.807, 2.05) is 52.5 Å². The Hall–Kier alpha value is -6.18. The lowest BCUT2D eigenvalue weighted by molar-refractivity contribution is -0.153. The van der Waals surface area contributed by atoms with Gasteiger partial charge in [0, 0.05) is 71.3 Å². The second-order valence-corrected chi connectivity index (χ2v) is 22.5. The quantitative estimate of drug-likeness (QED) is 0.106. The van der Waals surface area contributed by atoms with E-state index in [4.69, 9.17) is 32.9 Å². The van der Waals surface area contributed by atoms with E-state index < -0.39 is 23.4 Å². The van der Waals surface area contributed by atoms with Crippen molar-refractivity contribution in [3.63, 3.8) is 0 Å². The average Bonchev–Trinajstić information content (AvgIpc) is 3.57. The summed E-state index contributed by atoms with van der Waals surface area (Å²) in [6, 6.07) is 9.85. The van der Waals surface area contributed by atoms with Crippen LogP contribution in [-0.4, -0.2) is 115 Å². The van der Waals surface area contributed by atoms with E-state index in [1.165, 1.54) is 0 Å². The van der Waals surface area contributed by atoms with Crippen LogP contribution >= 0.6 is 34.5 Å². The van der Waals surface area contributed by atoms with Gasteiger partial charge in [0.2, 0.25) is 29.5 Å². The molecule has 3 aromatic heterocycles. The van der Waals surface area contributed by atoms with E-state index in [9.17, 15) is 24.0 Å². The number of ether oxygens (including phenoxy) is 1. The van der Waals surface area contributed by atoms with Crippen molar-refractivity contribution in [2.24, 2.45) is 21.7 Å². The van der Waals surface area contributed by atoms with E-state index in [1.54, 1.807) is 41.4 Å². The van der Waals surface area contributed by atoms with Gasteiger partial charge in [0.1, 0.15) is 34.9 Å². The summed E-state index contributed by atoms with van der Waals surface area (Å²) in [5.74, 6) is 0.346. The Morgan fingerprint density at radius 3 is 2.51 bits per heavy atom. The molecule has 5 amide bonds. The fraction of sp³-hybridized carbons (Fsp3) is 0.500. The summed E-state index contributed by atoms with van der Waals surface area (Å²) < 4.78 is 10.1. The molecule has 10 rings (SSSR count). The number of hydrogen-bond donors (Lipinski definition) is 3. The van der Waals surface area contributed by atoms with Crippen molar-refractivity contribution in [3.8, 4) is 10.8 Å². The number of nitrogens with one attached hydrogen (secondary N) is 3. The van der Waals surface area contributed by atoms with Crippen molar-refractivity contribution in [1.82, 2.24) is 55.5 Å². The molecule has 0 bridgehead atoms. The van der Waals surface area contributed by atoms with E-state index in [-0.39, 0.29) is 61.1 Å². The highest BCUT2D eigenvalue weighted by atomic mass is 35.5. The zero-order valence-corrected chi connectivity index (χ0v) is 44.1. The van der Waals surface area contributed by atoms with Crippen LogP contribution in [0, 0.1) is 37.5 Å². The summed E-state index contributed by atoms with van der Waals surface area (Å²) in [6.07, 6.45) is 7.65. The van der Waals surface area contributed by atoms with Gasteiger partial charge >= 0.3 is 0 Å². The molecule has 21 heteroatoms. The predicted molar refractivity (Wildman–Crippen MR) is 275 cm³/mol. The molecule has 0 radical (unpaired) electrons. The lowest BCUT2D eigenvalue weighted by Crippen LogP contribution is -2.54. The normalized spacial score (nSPS) is 21.7. The summed E-state index contributed by atoms with van der Waals surface area (Å²) in [6.45, 7) is 9.57. The van der Waals surface area contributed by atoms with Crippen LogP contribution in [0.1, 0.15) is 120 Å². The van der Waals surface area contributed by atoms with E-state index >= 15 is 0 Å². The minimum Gasteiger partial charge on any atom is -0.487 e. The number of carbonyl (C=O) groups excluding carboxylic acids is 5. The van der Waals surface area contributed by atoms with E-state index in [2.05, 4.69) is 50.3 Å². The maximum Gasteiger partial charge on any atom is 0.239 e. The van der Waals surface area contributed by atoms with Crippen molar-refractivity contribution in [2.45, 2.75) is 111 Å². The van der Waals surface area contributed by atoms with Gasteiger partial charge in [0.15, 0.2) is 5.82 Å². The minimum atomic E-state index is -0.858. The first-order chi connectivity index (χ1) is 35.1. The van der Waals surface area contributed by atoms with Gasteiger partial charge in [-0.1, -0.05) is 53.4 Å². The molecule has 3 N–H and O–H groups in total. The van der Waals surface area contributed by atoms with Crippen molar-refractivity contribution in [3.05, 3.63) is 103 Å². The van der Waals surface area contributed by atoms with Crippen LogP contribution in [0.25, 0.3) is 5.00 Å². The third-order valence-corrected chi connectivity index (χ3v) is 17.5. The molecule has 5 aliphatic rings. The van der Waals surface area contributed by atoms with Gasteiger partial charge in [-0.25, -0.2) is 0 Å². The van der Waals surface area contributed by atoms with Crippen LogP contribution in [0.5, 0.6) is 5.75 Å². The number of aryl methyl sites for hydroxylation is 2. The summed E-state index contributed by atoms with van der Waals surface area (Å²) >= 11 is 14.8. The topological polar surface area (TPSA) is 211 Å². The first-order valence-electron chi connectivity index (χ1n) is 25.1. The maximum atomic E-state index is 14.9. The van der Waals surface area contributed by atoms with E-state index in [0.29, 0.717) is 85.0 Å². The lowest BCUT2D eigenvalue weighted by Gasteiger charge is -2.46. The lowest BCUT2D eigenvalue weighted by atomic mass is 9.66. The third kappa shape index (κ3) is 9.87. The number of thiophene rings is 1. The number of halogens is 2. The molecule has 5 aromatic rings. The second-order valence-electron chi connectivity index (χ2n) is 20.5. The first kappa shape index (κ1) is 50.4. The first-order valence-corrected chi connectivity index (χ1v) is 26.7. The number of benzene rings is 2. The van der Waals surface area contributed by atoms with Crippen LogP contribution in [0.3, 0.4) is 0 Å². The number of likely N-dealkylation sites (tertiary alicyclic amines) is 1. The average molecular weight is 1050 g/mol. The monoisotopic (exact) mass is 1050 g/mol. The van der Waals surface area contributed by atoms with Crippen molar-refractivity contribution >= 4 is 69.8 Å². The molecule has 73 heavy (non-hydrogen) atoms. The maximum absolute atomic E-state index is 14.9. The van der Waals surface area contributed by atoms with Gasteiger partial charge < -0.3 is 30.5 Å². The molecule has 1 spiro atoms. The predicted octanol–water partition coefficient (Wildman–Crippen LogP) is 6.33. The minimum absolute atomic E-state index is 0.0246. The standard InChI is InChI=1S/C52H60Cl2N12O6S/c1-29-30(2)73-49-44(29)46(32-9-11-33(53)12-10-32)58-38(47-61-59-31(3)66(47)49)22-41(67)57-24-42(68)56-19-21-64-25-34(60-62-64)27-72-40-14-13-37(54)35-15-20-65(48(70)36-8-6-7-16-51(36,4)50(71)55-5)39(45(35)40)26-63-28-52(17-18-52)23-43(63)69/h9-14,25,36,38-39H,6-8,15-24,26-28H2,1-5H3,(H,55,71)(H,56,68)(H,57,67)/t36-,38-,39+,51-/m0/s1. The summed E-state index contributed by atoms with van der Waals surface area (Å²) in [5.41, 5.74) is 4.97. The molecule has 1 saturated heterocycles. The van der Waals surface area contributed by atoms with Crippen LogP contribution < -0.4 is 20.7 Å². The zero-order chi connectivity index (χ0) is 51.3. The third-order valence-electron chi connectivity index (χ3n) is 15.7. The smallest absolute Gasteiger partial charge is 0.239 e. The molecule has 6 heterocycles. The number of hydrogen-bond acceptors (Lipinski definition) is 12. The Bertz CT molecular complexity index is 3040. The fourth-order valence-electron chi connectivity index (χ4n) is 11.3. The van der Waals surface area contributed by atoms with Crippen molar-refractivity contribution < 1.29 is 28.7 Å². The number of amides is 5. The molecule has 0 unspecified atom stereocenters. The highest BCUT2D eigenvalue weighted by Gasteiger charge is 2.54. The molecule has 3 fully saturated rings. The Balaban J connectivity index is 0.776. The van der Waals surface area contributed by atoms with Gasteiger partial charge in [-0.15, -0.1) is 26.6 Å². The molecule has 2 aliphatic carbocycles. The SMILES string of the molecule is CNC(=O)[C@@]1(C)CCCC[C@H]1C(=O)N1CCc2c(Cl)ccc(OCc3cn(CCNC(=O)CNC(=O)C[C@@H]4N=C(c5ccc(Cl)cc5)c5c(sc(C)c5C)-n5c(C)nnc54)nn3)c2[C@H]1CN1CC2(CC2)CC1=O. The molecular weight excluding hydrogens is 992 g/mol. The Kier molecular flexibility index (Phi) is 14.0. The van der Waals surface area contributed by atoms with Crippen LogP contribution in [-0.2, 0) is 43.5 Å². The van der Waals surface area contributed by atoms with Gasteiger partial charge in [-0.05, 0) is 101 Å². The number of fused-ring (bicyclic) bond motifs is 4. The summed E-state index contributed by atoms with van der Waals surface area (Å²) in [5, 5.41) is 28.0. The Morgan fingerprint density at radius 2 is 1.75 bits per heavy atom. The molecular formula is C52H60Cl2N12O6S. The molecule has 2 aromatic carbocycles. The largest absolute Gasteiger partial charge is 0.487 e. The Labute approximate surface area is 437 Å². The highest BCUT2D eigenvalue weighted by Crippen LogP contribution is 2.54. The van der Waals surface area contributed by atoms with Crippen molar-refractivity contribution in [1.29, 1.82) is 0 Å². The molecule has 2 saturated carbocycles. The second kappa shape index (κ2) is 20.3. The van der Waals surface area contributed by atoms with Crippen molar-refractivity contribution in [2.75, 3.05) is 39.8 Å². The highest BCUT2D eigenvalue weighted by molar-refractivity contribution is 7.15. The fourth-order valence-corrected chi connectivity index (χ4v) is 12.9. The van der Waals surface area contributed by atoms with Gasteiger partial charge in [0.25, 0.3) is 0 Å².